The summed E-state index contributed by atoms with van der Waals surface area (Å²) in [6, 6.07) is 13.4. The first-order chi connectivity index (χ1) is 10.9. The van der Waals surface area contributed by atoms with Crippen LogP contribution in [0.25, 0.3) is 11.1 Å². The zero-order valence-electron chi connectivity index (χ0n) is 13.3. The zero-order valence-corrected chi connectivity index (χ0v) is 14.8. The highest BCUT2D eigenvalue weighted by Gasteiger charge is 2.22. The monoisotopic (exact) mass is 346 g/mol. The smallest absolute Gasteiger partial charge is 0.176 e. The van der Waals surface area contributed by atoms with Crippen LogP contribution in [0.3, 0.4) is 0 Å². The van der Waals surface area contributed by atoms with Crippen LogP contribution in [0.5, 0.6) is 0 Å². The Morgan fingerprint density at radius 2 is 1.70 bits per heavy atom. The van der Waals surface area contributed by atoms with E-state index in [-0.39, 0.29) is 0 Å². The molecule has 0 radical (unpaired) electrons. The summed E-state index contributed by atoms with van der Waals surface area (Å²) in [4.78, 5) is 0.410. The molecule has 23 heavy (non-hydrogen) atoms. The second-order valence-electron chi connectivity index (χ2n) is 6.04. The first-order valence-corrected chi connectivity index (χ1v) is 9.93. The Labute approximate surface area is 142 Å². The summed E-state index contributed by atoms with van der Waals surface area (Å²) in [6.45, 7) is 1.98. The first kappa shape index (κ1) is 16.3. The number of hydrogen-bond donors (Lipinski definition) is 0. The van der Waals surface area contributed by atoms with Gasteiger partial charge in [-0.2, -0.15) is 0 Å². The number of halogens is 1. The van der Waals surface area contributed by atoms with Crippen molar-refractivity contribution in [2.75, 3.05) is 6.26 Å². The molecule has 0 fully saturated rings. The second-order valence-corrected chi connectivity index (χ2v) is 8.43. The molecule has 0 bridgehead atoms. The maximum Gasteiger partial charge on any atom is 0.176 e. The molecule has 0 spiro atoms. The number of hydrogen-bond acceptors (Lipinski definition) is 2. The molecule has 3 rings (SSSR count). The fourth-order valence-corrected chi connectivity index (χ4v) is 4.28. The lowest BCUT2D eigenvalue weighted by Crippen LogP contribution is -2.02. The molecule has 0 saturated carbocycles. The third-order valence-corrected chi connectivity index (χ3v) is 5.91. The van der Waals surface area contributed by atoms with E-state index in [1.54, 1.807) is 12.1 Å². The minimum atomic E-state index is -3.25. The van der Waals surface area contributed by atoms with Crippen LogP contribution in [0.4, 0.5) is 0 Å². The molecule has 2 aromatic carbocycles. The van der Waals surface area contributed by atoms with Crippen LogP contribution >= 0.6 is 11.6 Å². The van der Waals surface area contributed by atoms with E-state index in [4.69, 9.17) is 11.6 Å². The van der Waals surface area contributed by atoms with Gasteiger partial charge in [-0.3, -0.25) is 0 Å². The molecule has 1 aliphatic carbocycles. The largest absolute Gasteiger partial charge is 0.224 e. The van der Waals surface area contributed by atoms with Gasteiger partial charge in [0, 0.05) is 11.3 Å². The van der Waals surface area contributed by atoms with E-state index in [0.29, 0.717) is 4.90 Å². The molecule has 0 aromatic heterocycles. The van der Waals surface area contributed by atoms with Gasteiger partial charge >= 0.3 is 0 Å². The van der Waals surface area contributed by atoms with Gasteiger partial charge in [-0.15, -0.1) is 0 Å². The molecule has 0 N–H and O–H groups in total. The Morgan fingerprint density at radius 1 is 1.00 bits per heavy atom. The van der Waals surface area contributed by atoms with Gasteiger partial charge in [-0.1, -0.05) is 41.9 Å². The minimum absolute atomic E-state index is 0.410. The van der Waals surface area contributed by atoms with Crippen molar-refractivity contribution in [3.05, 3.63) is 64.2 Å². The average molecular weight is 347 g/mol. The van der Waals surface area contributed by atoms with Crippen LogP contribution < -0.4 is 0 Å². The van der Waals surface area contributed by atoms with Crippen molar-refractivity contribution in [3.63, 3.8) is 0 Å². The molecular weight excluding hydrogens is 328 g/mol. The lowest BCUT2D eigenvalue weighted by molar-refractivity contribution is 0.601. The number of allylic oxidation sites excluding steroid dienone is 2. The molecule has 0 unspecified atom stereocenters. The van der Waals surface area contributed by atoms with Crippen molar-refractivity contribution < 1.29 is 8.42 Å². The van der Waals surface area contributed by atoms with E-state index >= 15 is 0 Å². The van der Waals surface area contributed by atoms with Gasteiger partial charge in [0.15, 0.2) is 9.84 Å². The predicted octanol–water partition coefficient (Wildman–Crippen LogP) is 5.15. The molecule has 0 amide bonds. The van der Waals surface area contributed by atoms with E-state index in [1.165, 1.54) is 11.8 Å². The number of aryl methyl sites for hydroxylation is 1. The Morgan fingerprint density at radius 3 is 2.39 bits per heavy atom. The summed E-state index contributed by atoms with van der Waals surface area (Å²) in [5.74, 6) is 0. The Balaban J connectivity index is 2.20. The number of benzene rings is 2. The zero-order chi connectivity index (χ0) is 16.6. The van der Waals surface area contributed by atoms with Gasteiger partial charge in [0.2, 0.25) is 0 Å². The van der Waals surface area contributed by atoms with Gasteiger partial charge in [-0.25, -0.2) is 8.42 Å². The Kier molecular flexibility index (Phi) is 4.35. The highest BCUT2D eigenvalue weighted by molar-refractivity contribution is 7.90. The fraction of sp³-hybridized carbons (Fsp3) is 0.263. The summed E-state index contributed by atoms with van der Waals surface area (Å²) < 4.78 is 24.2. The van der Waals surface area contributed by atoms with Gasteiger partial charge < -0.3 is 0 Å². The highest BCUT2D eigenvalue weighted by atomic mass is 35.5. The number of sulfone groups is 1. The molecular formula is C19H19ClO2S. The quantitative estimate of drug-likeness (QED) is 0.770. The molecule has 1 aliphatic rings. The van der Waals surface area contributed by atoms with Crippen LogP contribution in [-0.4, -0.2) is 14.7 Å². The van der Waals surface area contributed by atoms with E-state index in [2.05, 4.69) is 6.07 Å². The molecule has 2 aromatic rings. The number of rotatable bonds is 3. The minimum Gasteiger partial charge on any atom is -0.224 e. The summed E-state index contributed by atoms with van der Waals surface area (Å²) in [7, 11) is -3.25. The van der Waals surface area contributed by atoms with Crippen molar-refractivity contribution >= 4 is 32.6 Å². The maximum atomic E-state index is 12.1. The first-order valence-electron chi connectivity index (χ1n) is 7.66. The van der Waals surface area contributed by atoms with E-state index < -0.39 is 9.84 Å². The lowest BCUT2D eigenvalue weighted by Gasteiger charge is -2.13. The molecule has 0 aliphatic heterocycles. The van der Waals surface area contributed by atoms with Crippen LogP contribution in [-0.2, 0) is 9.84 Å². The van der Waals surface area contributed by atoms with Gasteiger partial charge in [0.25, 0.3) is 0 Å². The summed E-state index contributed by atoms with van der Waals surface area (Å²) in [6.07, 6.45) is 4.15. The molecule has 120 valence electrons. The fourth-order valence-electron chi connectivity index (χ4n) is 3.18. The molecule has 0 saturated heterocycles. The Bertz CT molecular complexity index is 895. The van der Waals surface area contributed by atoms with Crippen LogP contribution in [0.1, 0.15) is 36.0 Å². The molecule has 2 nitrogen and oxygen atoms in total. The molecule has 0 heterocycles. The normalized spacial score (nSPS) is 15.3. The molecule has 0 atom stereocenters. The summed E-state index contributed by atoms with van der Waals surface area (Å²) in [5, 5.41) is 0.748. The van der Waals surface area contributed by atoms with Gasteiger partial charge in [0.05, 0.1) is 4.90 Å². The average Bonchev–Trinajstić information content (AvgIpc) is 2.98. The van der Waals surface area contributed by atoms with Crippen molar-refractivity contribution in [3.8, 4) is 0 Å². The van der Waals surface area contributed by atoms with Gasteiger partial charge in [-0.05, 0) is 66.2 Å². The van der Waals surface area contributed by atoms with Crippen molar-refractivity contribution in [2.45, 2.75) is 31.1 Å². The Hall–Kier alpha value is -1.58. The highest BCUT2D eigenvalue weighted by Crippen LogP contribution is 2.42. The third kappa shape index (κ3) is 3.22. The topological polar surface area (TPSA) is 34.1 Å². The second kappa shape index (κ2) is 6.14. The third-order valence-electron chi connectivity index (χ3n) is 4.35. The standard InChI is InChI=1S/C19H19ClO2S/c1-13-10-11-14(12-18(13)20)15-7-5-8-16(15)17-6-3-4-9-19(17)23(2,21)22/h3-4,6,9-12H,5,7-8H2,1-2H3. The SMILES string of the molecule is Cc1ccc(C2=C(c3ccccc3S(C)(=O)=O)CCC2)cc1Cl. The van der Waals surface area contributed by atoms with Gasteiger partial charge in [0.1, 0.15) is 0 Å². The van der Waals surface area contributed by atoms with E-state index in [9.17, 15) is 8.42 Å². The van der Waals surface area contributed by atoms with Crippen LogP contribution in [0.2, 0.25) is 5.02 Å². The summed E-state index contributed by atoms with van der Waals surface area (Å²) >= 11 is 6.27. The predicted molar refractivity (Wildman–Crippen MR) is 96.4 cm³/mol. The summed E-state index contributed by atoms with van der Waals surface area (Å²) in [5.41, 5.74) is 5.32. The molecule has 4 heteroatoms. The van der Waals surface area contributed by atoms with Crippen molar-refractivity contribution in [1.29, 1.82) is 0 Å². The van der Waals surface area contributed by atoms with Crippen LogP contribution in [0, 0.1) is 6.92 Å². The van der Waals surface area contributed by atoms with Crippen molar-refractivity contribution in [2.24, 2.45) is 0 Å². The van der Waals surface area contributed by atoms with Crippen LogP contribution in [0.15, 0.2) is 47.4 Å². The lowest BCUT2D eigenvalue weighted by atomic mass is 9.96. The van der Waals surface area contributed by atoms with E-state index in [1.807, 2.05) is 31.2 Å². The van der Waals surface area contributed by atoms with E-state index in [0.717, 1.165) is 46.5 Å². The van der Waals surface area contributed by atoms with Crippen molar-refractivity contribution in [1.82, 2.24) is 0 Å². The maximum absolute atomic E-state index is 12.1.